The number of nitrogen functional groups attached to an aromatic ring is 1. The number of nitrogens with two attached hydrogens (primary N) is 1. The fraction of sp³-hybridized carbons (Fsp3) is 0.167. The Bertz CT molecular complexity index is 2460. The van der Waals surface area contributed by atoms with Crippen molar-refractivity contribution in [3.63, 3.8) is 0 Å². The van der Waals surface area contributed by atoms with Crippen LogP contribution in [0.15, 0.2) is 140 Å². The first-order valence-electron chi connectivity index (χ1n) is 19.8. The third-order valence-corrected chi connectivity index (χ3v) is 10.1. The van der Waals surface area contributed by atoms with Crippen LogP contribution in [0.3, 0.4) is 0 Å². The molecule has 344 valence electrons. The highest BCUT2D eigenvalue weighted by molar-refractivity contribution is 6.35. The average molecular weight is 1030 g/mol. The van der Waals surface area contributed by atoms with Crippen LogP contribution in [-0.2, 0) is 32.7 Å². The monoisotopic (exact) mass is 1030 g/mol. The van der Waals surface area contributed by atoms with E-state index in [1.807, 2.05) is 93.0 Å². The number of carboxylic acids is 1. The second-order valence-electron chi connectivity index (χ2n) is 14.6. The largest absolute Gasteiger partial charge is 0.477 e. The fourth-order valence-electron chi connectivity index (χ4n) is 5.98. The molecule has 0 aliphatic carbocycles. The Hall–Kier alpha value is -5.05. The van der Waals surface area contributed by atoms with E-state index < -0.39 is 5.97 Å². The molecule has 0 saturated heterocycles. The summed E-state index contributed by atoms with van der Waals surface area (Å²) in [6.45, 7) is 3.68. The summed E-state index contributed by atoms with van der Waals surface area (Å²) in [5.74, 6) is -1.36. The maximum absolute atomic E-state index is 12.2. The molecule has 1 amide bonds. The van der Waals surface area contributed by atoms with E-state index in [9.17, 15) is 9.59 Å². The van der Waals surface area contributed by atoms with Crippen LogP contribution in [0, 0.1) is 0 Å². The number of amides is 1. The lowest BCUT2D eigenvalue weighted by Gasteiger charge is -2.17. The number of benzene rings is 3. The number of rotatable bonds is 12. The molecule has 0 unspecified atom stereocenters. The summed E-state index contributed by atoms with van der Waals surface area (Å²) in [5, 5.41) is 10.9. The molecular weight excluding hydrogens is 985 g/mol. The van der Waals surface area contributed by atoms with Gasteiger partial charge in [0, 0.05) is 60.5 Å². The molecule has 0 atom stereocenters. The van der Waals surface area contributed by atoms with Gasteiger partial charge in [-0.15, -0.1) is 0 Å². The van der Waals surface area contributed by atoms with Gasteiger partial charge in [0.15, 0.2) is 5.69 Å². The molecule has 3 N–H and O–H groups in total. The highest BCUT2D eigenvalue weighted by Gasteiger charge is 2.15. The number of anilines is 1. The van der Waals surface area contributed by atoms with Gasteiger partial charge >= 0.3 is 5.97 Å². The molecule has 0 saturated carbocycles. The van der Waals surface area contributed by atoms with Crippen molar-refractivity contribution < 1.29 is 14.7 Å². The van der Waals surface area contributed by atoms with E-state index in [-0.39, 0.29) is 32.6 Å². The van der Waals surface area contributed by atoms with Gasteiger partial charge in [-0.3, -0.25) is 14.6 Å². The maximum atomic E-state index is 12.2. The number of hydrogen-bond acceptors (Lipinski definition) is 9. The minimum atomic E-state index is -1.14. The van der Waals surface area contributed by atoms with E-state index in [1.54, 1.807) is 24.1 Å². The van der Waals surface area contributed by atoms with Crippen LogP contribution in [-0.4, -0.2) is 72.8 Å². The quantitative estimate of drug-likeness (QED) is 0.114. The molecule has 7 aromatic rings. The summed E-state index contributed by atoms with van der Waals surface area (Å²) in [7, 11) is 5.81. The number of pyridine rings is 4. The van der Waals surface area contributed by atoms with Crippen LogP contribution < -0.4 is 5.73 Å². The van der Waals surface area contributed by atoms with Crippen molar-refractivity contribution in [2.45, 2.75) is 32.7 Å². The molecule has 0 fully saturated rings. The zero-order valence-electron chi connectivity index (χ0n) is 35.9. The van der Waals surface area contributed by atoms with Crippen LogP contribution in [0.4, 0.5) is 5.69 Å². The van der Waals surface area contributed by atoms with Gasteiger partial charge in [0.25, 0.3) is 5.91 Å². The molecule has 0 radical (unpaired) electrons. The van der Waals surface area contributed by atoms with E-state index in [1.165, 1.54) is 35.4 Å². The van der Waals surface area contributed by atoms with Crippen LogP contribution >= 0.6 is 81.2 Å². The standard InChI is InChI=1S/C14H12Cl2N2O.C14H14Cl2N2.C14H16ClN3.C6H3Cl2NO2/c1-18(9-10-5-3-2-4-6-10)14(19)12-7-11(15)8-13(16)17-12;1-18(9-11-5-3-2-4-6-11)10-13-7-12(15)8-14(16)17-13;1-18(9-11-5-3-2-4-6-11)10-13-7-12(16)8-14(15)17-13;7-3-1-4(6(10)11)9-5(8)2-3/h2-8H,9H2,1H3;2-8H,9-10H2,1H3;2-8H,9-10H2,1H3,(H2,16,17);1-2H,(H,10,11). The molecule has 4 aromatic heterocycles. The molecule has 0 aliphatic heterocycles. The van der Waals surface area contributed by atoms with Crippen molar-refractivity contribution in [3.8, 4) is 0 Å². The number of carbonyl (C=O) groups excluding carboxylic acids is 1. The molecule has 4 heterocycles. The normalized spacial score (nSPS) is 10.5. The molecular formula is C48H45Cl7N8O3. The summed E-state index contributed by atoms with van der Waals surface area (Å²) in [6, 6.07) is 42.9. The second-order valence-corrected chi connectivity index (χ2v) is 17.4. The maximum Gasteiger partial charge on any atom is 0.354 e. The van der Waals surface area contributed by atoms with Crippen molar-refractivity contribution in [2.75, 3.05) is 26.9 Å². The van der Waals surface area contributed by atoms with Gasteiger partial charge in [-0.1, -0.05) is 172 Å². The topological polar surface area (TPSA) is 142 Å². The van der Waals surface area contributed by atoms with E-state index in [0.717, 1.165) is 43.1 Å². The Morgan fingerprint density at radius 2 is 0.833 bits per heavy atom. The number of carboxylic acid groups (broad SMARTS) is 1. The van der Waals surface area contributed by atoms with Gasteiger partial charge < -0.3 is 15.7 Å². The van der Waals surface area contributed by atoms with Gasteiger partial charge in [-0.05, 0) is 79.3 Å². The fourth-order valence-corrected chi connectivity index (χ4v) is 7.67. The Kier molecular flexibility index (Phi) is 22.4. The summed E-state index contributed by atoms with van der Waals surface area (Å²) >= 11 is 40.3. The van der Waals surface area contributed by atoms with Gasteiger partial charge in [0.05, 0.1) is 11.4 Å². The highest BCUT2D eigenvalue weighted by Crippen LogP contribution is 2.20. The number of aromatic nitrogens is 4. The van der Waals surface area contributed by atoms with Gasteiger partial charge in [0.1, 0.15) is 26.3 Å². The first kappa shape index (κ1) is 53.6. The third-order valence-electron chi connectivity index (χ3n) is 8.70. The summed E-state index contributed by atoms with van der Waals surface area (Å²) in [5.41, 5.74) is 11.9. The van der Waals surface area contributed by atoms with Gasteiger partial charge in [-0.2, -0.15) is 0 Å². The van der Waals surface area contributed by atoms with E-state index in [2.05, 4.69) is 54.0 Å². The molecule has 18 heteroatoms. The first-order chi connectivity index (χ1) is 31.4. The van der Waals surface area contributed by atoms with Crippen molar-refractivity contribution >= 4 is 98.8 Å². The Morgan fingerprint density at radius 3 is 1.24 bits per heavy atom. The zero-order valence-corrected chi connectivity index (χ0v) is 41.2. The number of nitrogens with zero attached hydrogens (tertiary/aromatic N) is 7. The second kappa shape index (κ2) is 27.6. The number of hydrogen-bond donors (Lipinski definition) is 2. The summed E-state index contributed by atoms with van der Waals surface area (Å²) in [4.78, 5) is 44.5. The molecule has 7 rings (SSSR count). The third kappa shape index (κ3) is 20.2. The van der Waals surface area contributed by atoms with Crippen LogP contribution in [0.25, 0.3) is 0 Å². The smallest absolute Gasteiger partial charge is 0.354 e. The van der Waals surface area contributed by atoms with Crippen molar-refractivity contribution in [3.05, 3.63) is 215 Å². The summed E-state index contributed by atoms with van der Waals surface area (Å²) in [6.07, 6.45) is 0. The average Bonchev–Trinajstić information content (AvgIpc) is 3.23. The van der Waals surface area contributed by atoms with Crippen LogP contribution in [0.1, 0.15) is 49.1 Å². The van der Waals surface area contributed by atoms with E-state index in [4.69, 9.17) is 92.0 Å². The molecule has 3 aromatic carbocycles. The van der Waals surface area contributed by atoms with Crippen molar-refractivity contribution in [2.24, 2.45) is 0 Å². The Labute approximate surface area is 419 Å². The molecule has 0 spiro atoms. The Morgan fingerprint density at radius 1 is 0.470 bits per heavy atom. The molecule has 11 nitrogen and oxygen atoms in total. The predicted octanol–water partition coefficient (Wildman–Crippen LogP) is 12.7. The van der Waals surface area contributed by atoms with E-state index >= 15 is 0 Å². The number of halogens is 7. The minimum Gasteiger partial charge on any atom is -0.477 e. The lowest BCUT2D eigenvalue weighted by Crippen LogP contribution is -2.27. The predicted molar refractivity (Wildman–Crippen MR) is 269 cm³/mol. The van der Waals surface area contributed by atoms with Gasteiger partial charge in [-0.25, -0.2) is 24.7 Å². The number of carbonyl (C=O) groups is 2. The first-order valence-corrected chi connectivity index (χ1v) is 22.4. The summed E-state index contributed by atoms with van der Waals surface area (Å²) < 4.78 is 0. The van der Waals surface area contributed by atoms with Crippen molar-refractivity contribution in [1.82, 2.24) is 34.6 Å². The lowest BCUT2D eigenvalue weighted by molar-refractivity contribution is 0.0689. The van der Waals surface area contributed by atoms with Gasteiger partial charge in [0.2, 0.25) is 0 Å². The SMILES string of the molecule is CN(Cc1ccccc1)C(=O)c1cc(Cl)cc(Cl)n1.CN(Cc1ccccc1)Cc1cc(Cl)cc(Cl)n1.CN(Cc1ccccc1)Cc1cc(N)cc(Cl)n1.O=C(O)c1cc(Cl)cc(Cl)n1. The number of aromatic carboxylic acids is 1. The lowest BCUT2D eigenvalue weighted by atomic mass is 10.2. The molecule has 66 heavy (non-hydrogen) atoms. The molecule has 0 bridgehead atoms. The zero-order chi connectivity index (χ0) is 48.2. The minimum absolute atomic E-state index is 0.0786. The van der Waals surface area contributed by atoms with E-state index in [0.29, 0.717) is 32.6 Å². The molecule has 0 aliphatic rings. The van der Waals surface area contributed by atoms with Crippen LogP contribution in [0.2, 0.25) is 35.7 Å². The van der Waals surface area contributed by atoms with Crippen molar-refractivity contribution in [1.29, 1.82) is 0 Å². The van der Waals surface area contributed by atoms with Crippen LogP contribution in [0.5, 0.6) is 0 Å². The highest BCUT2D eigenvalue weighted by atomic mass is 35.5. The Balaban J connectivity index is 0.000000196.